The lowest BCUT2D eigenvalue weighted by Gasteiger charge is -2.29. The molecule has 1 aliphatic rings. The molecule has 0 amide bonds. The lowest BCUT2D eigenvalue weighted by atomic mass is 9.93. The van der Waals surface area contributed by atoms with Crippen LogP contribution in [0.15, 0.2) is 53.5 Å². The molecule has 122 valence electrons. The number of hydrogen-bond acceptors (Lipinski definition) is 1. The normalized spacial score (nSPS) is 20.7. The molecule has 0 aliphatic carbocycles. The summed E-state index contributed by atoms with van der Waals surface area (Å²) < 4.78 is 0. The van der Waals surface area contributed by atoms with E-state index in [9.17, 15) is 0 Å². The highest BCUT2D eigenvalue weighted by Crippen LogP contribution is 2.49. The van der Waals surface area contributed by atoms with Crippen LogP contribution in [0.1, 0.15) is 42.6 Å². The summed E-state index contributed by atoms with van der Waals surface area (Å²) in [6.07, 6.45) is 0. The molecule has 2 unspecified atom stereocenters. The van der Waals surface area contributed by atoms with Gasteiger partial charge in [0.25, 0.3) is 0 Å². The fourth-order valence-electron chi connectivity index (χ4n) is 4.10. The van der Waals surface area contributed by atoms with Crippen molar-refractivity contribution in [2.45, 2.75) is 32.7 Å². The Hall–Kier alpha value is -2.55. The fraction of sp³-hybridized carbons (Fsp3) is 0.286. The van der Waals surface area contributed by atoms with E-state index in [-0.39, 0.29) is 6.04 Å². The molecule has 0 saturated heterocycles. The molecule has 1 aliphatic heterocycles. The Balaban J connectivity index is 1.94. The molecule has 0 saturated carbocycles. The molecule has 3 nitrogen and oxygen atoms in total. The van der Waals surface area contributed by atoms with Crippen LogP contribution in [0.2, 0.25) is 0 Å². The van der Waals surface area contributed by atoms with Gasteiger partial charge in [-0.15, -0.1) is 0 Å². The third kappa shape index (κ3) is 2.01. The summed E-state index contributed by atoms with van der Waals surface area (Å²) in [5.74, 6) is 1.46. The third-order valence-corrected chi connectivity index (χ3v) is 5.41. The summed E-state index contributed by atoms with van der Waals surface area (Å²) in [4.78, 5) is 10.6. The zero-order chi connectivity index (χ0) is 16.8. The Labute approximate surface area is 143 Å². The standard InChI is InChI=1S/C21H23N3/c1-13-16-9-5-7-11-18(16)23-20(13)21-14(2)17-10-6-8-12-19(17)24(21)15(3)22-4/h5-12,14,21,23H,1-4H3/b22-15+. The summed E-state index contributed by atoms with van der Waals surface area (Å²) in [6, 6.07) is 17.5. The van der Waals surface area contributed by atoms with Crippen LogP contribution in [-0.2, 0) is 0 Å². The maximum Gasteiger partial charge on any atom is 0.100 e. The van der Waals surface area contributed by atoms with Gasteiger partial charge < -0.3 is 9.88 Å². The number of amidine groups is 1. The van der Waals surface area contributed by atoms with Gasteiger partial charge in [-0.05, 0) is 37.1 Å². The van der Waals surface area contributed by atoms with Crippen LogP contribution in [0, 0.1) is 6.92 Å². The first-order chi connectivity index (χ1) is 11.6. The minimum absolute atomic E-state index is 0.249. The molecule has 0 radical (unpaired) electrons. The van der Waals surface area contributed by atoms with Crippen molar-refractivity contribution in [1.29, 1.82) is 0 Å². The highest BCUT2D eigenvalue weighted by molar-refractivity contribution is 5.99. The van der Waals surface area contributed by atoms with Gasteiger partial charge in [-0.25, -0.2) is 0 Å². The van der Waals surface area contributed by atoms with Gasteiger partial charge in [-0.2, -0.15) is 0 Å². The van der Waals surface area contributed by atoms with Crippen molar-refractivity contribution in [3.63, 3.8) is 0 Å². The van der Waals surface area contributed by atoms with Crippen molar-refractivity contribution < 1.29 is 0 Å². The molecular formula is C21H23N3. The largest absolute Gasteiger partial charge is 0.356 e. The highest BCUT2D eigenvalue weighted by atomic mass is 15.2. The smallest absolute Gasteiger partial charge is 0.100 e. The molecule has 1 N–H and O–H groups in total. The monoisotopic (exact) mass is 317 g/mol. The van der Waals surface area contributed by atoms with Crippen LogP contribution in [0.4, 0.5) is 5.69 Å². The molecule has 1 aromatic heterocycles. The number of aliphatic imine (C=N–C) groups is 1. The Morgan fingerprint density at radius 1 is 1.08 bits per heavy atom. The van der Waals surface area contributed by atoms with Gasteiger partial charge >= 0.3 is 0 Å². The molecule has 2 heterocycles. The number of hydrogen-bond donors (Lipinski definition) is 1. The number of nitrogens with zero attached hydrogens (tertiary/aromatic N) is 2. The first-order valence-corrected chi connectivity index (χ1v) is 8.52. The second-order valence-electron chi connectivity index (χ2n) is 6.64. The van der Waals surface area contributed by atoms with Crippen molar-refractivity contribution in [2.75, 3.05) is 11.9 Å². The molecule has 24 heavy (non-hydrogen) atoms. The van der Waals surface area contributed by atoms with Gasteiger partial charge in [0.05, 0.1) is 6.04 Å². The van der Waals surface area contributed by atoms with E-state index in [0.717, 1.165) is 5.84 Å². The predicted octanol–water partition coefficient (Wildman–Crippen LogP) is 5.19. The van der Waals surface area contributed by atoms with Crippen LogP contribution in [0.5, 0.6) is 0 Å². The highest BCUT2D eigenvalue weighted by Gasteiger charge is 2.39. The van der Waals surface area contributed by atoms with Crippen LogP contribution in [0.3, 0.4) is 0 Å². The summed E-state index contributed by atoms with van der Waals surface area (Å²) in [7, 11) is 1.87. The zero-order valence-corrected chi connectivity index (χ0v) is 14.7. The number of benzene rings is 2. The van der Waals surface area contributed by atoms with Crippen molar-refractivity contribution in [3.8, 4) is 0 Å². The quantitative estimate of drug-likeness (QED) is 0.486. The molecular weight excluding hydrogens is 294 g/mol. The second-order valence-corrected chi connectivity index (χ2v) is 6.64. The molecule has 0 spiro atoms. The number of para-hydroxylation sites is 2. The molecule has 0 fully saturated rings. The molecule has 2 atom stereocenters. The second kappa shape index (κ2) is 5.52. The van der Waals surface area contributed by atoms with Gasteiger partial charge in [0.15, 0.2) is 0 Å². The van der Waals surface area contributed by atoms with Crippen molar-refractivity contribution in [3.05, 3.63) is 65.4 Å². The minimum atomic E-state index is 0.249. The number of aryl methyl sites for hydroxylation is 1. The van der Waals surface area contributed by atoms with Crippen LogP contribution >= 0.6 is 0 Å². The minimum Gasteiger partial charge on any atom is -0.356 e. The summed E-state index contributed by atoms with van der Waals surface area (Å²) in [6.45, 7) is 6.64. The van der Waals surface area contributed by atoms with Crippen LogP contribution < -0.4 is 4.90 Å². The number of fused-ring (bicyclic) bond motifs is 2. The van der Waals surface area contributed by atoms with Gasteiger partial charge in [0.1, 0.15) is 5.84 Å². The Kier molecular flexibility index (Phi) is 3.45. The number of aromatic nitrogens is 1. The van der Waals surface area contributed by atoms with Crippen molar-refractivity contribution >= 4 is 22.4 Å². The van der Waals surface area contributed by atoms with E-state index in [2.05, 4.69) is 84.2 Å². The predicted molar refractivity (Wildman–Crippen MR) is 102 cm³/mol. The lowest BCUT2D eigenvalue weighted by molar-refractivity contribution is 0.618. The van der Waals surface area contributed by atoms with E-state index >= 15 is 0 Å². The number of H-pyrrole nitrogens is 1. The van der Waals surface area contributed by atoms with Gasteiger partial charge in [-0.1, -0.05) is 43.3 Å². The van der Waals surface area contributed by atoms with E-state index in [1.165, 1.54) is 33.4 Å². The zero-order valence-electron chi connectivity index (χ0n) is 14.7. The van der Waals surface area contributed by atoms with Crippen LogP contribution in [0.25, 0.3) is 10.9 Å². The fourth-order valence-corrected chi connectivity index (χ4v) is 4.10. The van der Waals surface area contributed by atoms with Crippen LogP contribution in [-0.4, -0.2) is 17.9 Å². The Morgan fingerprint density at radius 2 is 1.79 bits per heavy atom. The van der Waals surface area contributed by atoms with Gasteiger partial charge in [0, 0.05) is 35.2 Å². The third-order valence-electron chi connectivity index (χ3n) is 5.41. The SMILES string of the molecule is C/N=C(\C)N1c2ccccc2C(C)C1c1[nH]c2ccccc2c1C. The average Bonchev–Trinajstić information content (AvgIpc) is 3.10. The van der Waals surface area contributed by atoms with E-state index < -0.39 is 0 Å². The topological polar surface area (TPSA) is 31.4 Å². The van der Waals surface area contributed by atoms with E-state index in [4.69, 9.17) is 0 Å². The van der Waals surface area contributed by atoms with Gasteiger partial charge in [0.2, 0.25) is 0 Å². The van der Waals surface area contributed by atoms with E-state index in [1.54, 1.807) is 0 Å². The number of rotatable bonds is 1. The maximum atomic E-state index is 4.49. The maximum absolute atomic E-state index is 4.49. The van der Waals surface area contributed by atoms with E-state index in [0.29, 0.717) is 5.92 Å². The Morgan fingerprint density at radius 3 is 2.54 bits per heavy atom. The molecule has 4 rings (SSSR count). The first-order valence-electron chi connectivity index (χ1n) is 8.52. The first kappa shape index (κ1) is 15.0. The number of aromatic amines is 1. The lowest BCUT2D eigenvalue weighted by Crippen LogP contribution is -2.31. The molecule has 0 bridgehead atoms. The average molecular weight is 317 g/mol. The van der Waals surface area contributed by atoms with E-state index in [1.807, 2.05) is 7.05 Å². The summed E-state index contributed by atoms with van der Waals surface area (Å²) >= 11 is 0. The molecule has 3 aromatic rings. The Bertz CT molecular complexity index is 935. The van der Waals surface area contributed by atoms with Gasteiger partial charge in [-0.3, -0.25) is 4.99 Å². The molecule has 3 heteroatoms. The molecule has 2 aromatic carbocycles. The number of nitrogens with one attached hydrogen (secondary N) is 1. The summed E-state index contributed by atoms with van der Waals surface area (Å²) in [5.41, 5.74) is 6.51. The van der Waals surface area contributed by atoms with Crippen molar-refractivity contribution in [1.82, 2.24) is 4.98 Å². The van der Waals surface area contributed by atoms with Crippen molar-refractivity contribution in [2.24, 2.45) is 4.99 Å². The summed E-state index contributed by atoms with van der Waals surface area (Å²) in [5, 5.41) is 1.31. The number of anilines is 1.